The lowest BCUT2D eigenvalue weighted by atomic mass is 9.55. The Kier molecular flexibility index (Phi) is 6.11. The molecular weight excluding hydrogens is 564 g/mol. The summed E-state index contributed by atoms with van der Waals surface area (Å²) in [5.41, 5.74) is 8.49. The van der Waals surface area contributed by atoms with Gasteiger partial charge in [0.25, 0.3) is 0 Å². The molecule has 2 heterocycles. The predicted molar refractivity (Wildman–Crippen MR) is 169 cm³/mol. The van der Waals surface area contributed by atoms with Crippen LogP contribution in [0.1, 0.15) is 57.2 Å². The SMILES string of the molecule is Cc1cc(OC(=O)[C@H]2CC(=O)N(c3c(C)cccc3C)C2)ccc1N1C(=O)[C@@H]2C3c4ccccc4C(c4ccccc43)[C@@H]2C1=O. The molecule has 2 fully saturated rings. The number of nitrogens with zero attached hydrogens (tertiary/aromatic N) is 2. The monoisotopic (exact) mass is 596 g/mol. The standard InChI is InChI=1S/C38H32N2O5/c1-20-9-8-10-21(2)35(20)39-19-23(18-30(39)41)38(44)45-24-15-16-29(22(3)17-24)40-36(42)33-31-25-11-4-5-12-26(25)32(34(33)37(40)43)28-14-7-6-13-27(28)31/h4-17,23,31-34H,18-19H2,1-3H3/t23-,31?,32?,33-,34+/m0/s1. The first-order chi connectivity index (χ1) is 21.7. The first-order valence-electron chi connectivity index (χ1n) is 15.5. The van der Waals surface area contributed by atoms with E-state index in [-0.39, 0.29) is 42.5 Å². The average Bonchev–Trinajstić information content (AvgIpc) is 3.54. The summed E-state index contributed by atoms with van der Waals surface area (Å²) in [5, 5.41) is 0. The zero-order chi connectivity index (χ0) is 31.1. The third-order valence-electron chi connectivity index (χ3n) is 10.2. The lowest BCUT2D eigenvalue weighted by molar-refractivity contribution is -0.139. The predicted octanol–water partition coefficient (Wildman–Crippen LogP) is 5.97. The van der Waals surface area contributed by atoms with Crippen LogP contribution in [0.15, 0.2) is 84.9 Å². The number of para-hydroxylation sites is 1. The van der Waals surface area contributed by atoms with E-state index in [2.05, 4.69) is 24.3 Å². The second-order valence-corrected chi connectivity index (χ2v) is 12.8. The summed E-state index contributed by atoms with van der Waals surface area (Å²) < 4.78 is 5.76. The number of hydrogen-bond acceptors (Lipinski definition) is 5. The zero-order valence-corrected chi connectivity index (χ0v) is 25.3. The molecule has 4 aromatic rings. The van der Waals surface area contributed by atoms with Crippen LogP contribution < -0.4 is 14.5 Å². The highest BCUT2D eigenvalue weighted by Gasteiger charge is 2.61. The van der Waals surface area contributed by atoms with Crippen LogP contribution in [0.3, 0.4) is 0 Å². The number of ether oxygens (including phenoxy) is 1. The normalized spacial score (nSPS) is 24.5. The van der Waals surface area contributed by atoms with Crippen LogP contribution in [-0.2, 0) is 19.2 Å². The van der Waals surface area contributed by atoms with Crippen LogP contribution in [0.5, 0.6) is 5.75 Å². The van der Waals surface area contributed by atoms with Crippen molar-refractivity contribution in [3.05, 3.63) is 124 Å². The molecule has 224 valence electrons. The molecule has 7 heteroatoms. The summed E-state index contributed by atoms with van der Waals surface area (Å²) in [6, 6.07) is 27.2. The summed E-state index contributed by atoms with van der Waals surface area (Å²) >= 11 is 0. The van der Waals surface area contributed by atoms with Gasteiger partial charge in [-0.25, -0.2) is 4.90 Å². The molecule has 0 saturated carbocycles. The van der Waals surface area contributed by atoms with E-state index < -0.39 is 23.7 Å². The summed E-state index contributed by atoms with van der Waals surface area (Å²) in [7, 11) is 0. The molecule has 3 atom stereocenters. The Hall–Kier alpha value is -5.04. The van der Waals surface area contributed by atoms with Crippen LogP contribution >= 0.6 is 0 Å². The van der Waals surface area contributed by atoms with Crippen LogP contribution in [-0.4, -0.2) is 30.2 Å². The number of aryl methyl sites for hydroxylation is 3. The number of benzene rings is 4. The smallest absolute Gasteiger partial charge is 0.316 e. The van der Waals surface area contributed by atoms with Crippen molar-refractivity contribution in [2.75, 3.05) is 16.3 Å². The van der Waals surface area contributed by atoms with Gasteiger partial charge >= 0.3 is 5.97 Å². The van der Waals surface area contributed by atoms with Gasteiger partial charge in [0.05, 0.1) is 23.4 Å². The minimum Gasteiger partial charge on any atom is -0.426 e. The van der Waals surface area contributed by atoms with Crippen LogP contribution in [0.2, 0.25) is 0 Å². The van der Waals surface area contributed by atoms with Crippen molar-refractivity contribution in [3.63, 3.8) is 0 Å². The van der Waals surface area contributed by atoms with E-state index in [0.717, 1.165) is 39.1 Å². The number of imide groups is 1. The molecule has 2 bridgehead atoms. The van der Waals surface area contributed by atoms with Crippen molar-refractivity contribution < 1.29 is 23.9 Å². The van der Waals surface area contributed by atoms with Gasteiger partial charge in [-0.15, -0.1) is 0 Å². The molecule has 2 saturated heterocycles. The molecule has 4 aromatic carbocycles. The minimum atomic E-state index is -0.597. The second kappa shape index (κ2) is 9.99. The second-order valence-electron chi connectivity index (χ2n) is 12.8. The fraction of sp³-hybridized carbons (Fsp3) is 0.263. The van der Waals surface area contributed by atoms with Crippen molar-refractivity contribution in [1.82, 2.24) is 0 Å². The average molecular weight is 597 g/mol. The molecule has 45 heavy (non-hydrogen) atoms. The summed E-state index contributed by atoms with van der Waals surface area (Å²) in [6.07, 6.45) is 0.0797. The molecule has 7 nitrogen and oxygen atoms in total. The lowest BCUT2D eigenvalue weighted by Crippen LogP contribution is -2.41. The largest absolute Gasteiger partial charge is 0.426 e. The quantitative estimate of drug-likeness (QED) is 0.165. The Balaban J connectivity index is 1.05. The Bertz CT molecular complexity index is 1830. The van der Waals surface area contributed by atoms with E-state index in [9.17, 15) is 19.2 Å². The Morgan fingerprint density at radius 1 is 0.689 bits per heavy atom. The zero-order valence-electron chi connectivity index (χ0n) is 25.3. The molecule has 9 rings (SSSR count). The number of carbonyl (C=O) groups is 4. The van der Waals surface area contributed by atoms with Crippen molar-refractivity contribution >= 4 is 35.1 Å². The molecule has 0 spiro atoms. The van der Waals surface area contributed by atoms with Gasteiger partial charge in [-0.3, -0.25) is 19.2 Å². The topological polar surface area (TPSA) is 84.0 Å². The van der Waals surface area contributed by atoms with Gasteiger partial charge in [-0.1, -0.05) is 66.7 Å². The van der Waals surface area contributed by atoms with Crippen molar-refractivity contribution in [2.45, 2.75) is 39.0 Å². The maximum atomic E-state index is 14.2. The van der Waals surface area contributed by atoms with Gasteiger partial charge in [0.15, 0.2) is 0 Å². The summed E-state index contributed by atoms with van der Waals surface area (Å²) in [5.74, 6) is -2.52. The lowest BCUT2D eigenvalue weighted by Gasteiger charge is -2.45. The van der Waals surface area contributed by atoms with Gasteiger partial charge in [0.2, 0.25) is 17.7 Å². The fourth-order valence-corrected chi connectivity index (χ4v) is 8.37. The van der Waals surface area contributed by atoms with Gasteiger partial charge in [0, 0.05) is 30.5 Å². The maximum absolute atomic E-state index is 14.2. The highest BCUT2D eigenvalue weighted by Crippen LogP contribution is 2.61. The molecule has 5 aliphatic rings. The van der Waals surface area contributed by atoms with Crippen molar-refractivity contribution in [2.24, 2.45) is 17.8 Å². The van der Waals surface area contributed by atoms with Crippen LogP contribution in [0.25, 0.3) is 0 Å². The van der Waals surface area contributed by atoms with Crippen LogP contribution in [0, 0.1) is 38.5 Å². The molecule has 0 radical (unpaired) electrons. The number of anilines is 2. The van der Waals surface area contributed by atoms with E-state index in [4.69, 9.17) is 4.74 Å². The molecular formula is C38H32N2O5. The van der Waals surface area contributed by atoms with Gasteiger partial charge in [-0.2, -0.15) is 0 Å². The number of amides is 3. The highest BCUT2D eigenvalue weighted by atomic mass is 16.5. The summed E-state index contributed by atoms with van der Waals surface area (Å²) in [6.45, 7) is 5.99. The summed E-state index contributed by atoms with van der Waals surface area (Å²) in [4.78, 5) is 57.5. The fourth-order valence-electron chi connectivity index (χ4n) is 8.37. The van der Waals surface area contributed by atoms with Gasteiger partial charge in [0.1, 0.15) is 5.75 Å². The van der Waals surface area contributed by atoms with Crippen molar-refractivity contribution in [1.29, 1.82) is 0 Å². The Morgan fingerprint density at radius 2 is 1.22 bits per heavy atom. The molecule has 0 unspecified atom stereocenters. The van der Waals surface area contributed by atoms with Gasteiger partial charge in [-0.05, 0) is 77.9 Å². The Labute approximate surface area is 261 Å². The molecule has 0 N–H and O–H groups in total. The molecule has 0 aromatic heterocycles. The highest BCUT2D eigenvalue weighted by molar-refractivity contribution is 6.23. The minimum absolute atomic E-state index is 0.0797. The number of esters is 1. The number of rotatable bonds is 4. The van der Waals surface area contributed by atoms with E-state index in [1.165, 1.54) is 4.90 Å². The van der Waals surface area contributed by atoms with E-state index in [0.29, 0.717) is 17.0 Å². The van der Waals surface area contributed by atoms with E-state index >= 15 is 0 Å². The van der Waals surface area contributed by atoms with Crippen molar-refractivity contribution in [3.8, 4) is 5.75 Å². The molecule has 3 aliphatic carbocycles. The first-order valence-corrected chi connectivity index (χ1v) is 15.5. The van der Waals surface area contributed by atoms with E-state index in [1.807, 2.05) is 63.2 Å². The molecule has 2 aliphatic heterocycles. The molecule has 3 amide bonds. The third-order valence-corrected chi connectivity index (χ3v) is 10.2. The Morgan fingerprint density at radius 3 is 1.73 bits per heavy atom. The number of hydrogen-bond donors (Lipinski definition) is 0. The number of carbonyl (C=O) groups excluding carboxylic acids is 4. The first kappa shape index (κ1) is 27.5. The van der Waals surface area contributed by atoms with E-state index in [1.54, 1.807) is 23.1 Å². The maximum Gasteiger partial charge on any atom is 0.316 e. The van der Waals surface area contributed by atoms with Gasteiger partial charge < -0.3 is 9.64 Å². The third kappa shape index (κ3) is 3.96. The van der Waals surface area contributed by atoms with Crippen LogP contribution in [0.4, 0.5) is 11.4 Å².